The van der Waals surface area contributed by atoms with Crippen LogP contribution in [-0.2, 0) is 9.59 Å². The summed E-state index contributed by atoms with van der Waals surface area (Å²) in [6, 6.07) is 4.10. The predicted octanol–water partition coefficient (Wildman–Crippen LogP) is 2.12. The second-order valence-electron chi connectivity index (χ2n) is 6.04. The Morgan fingerprint density at radius 1 is 1.38 bits per heavy atom. The van der Waals surface area contributed by atoms with Crippen LogP contribution in [0.25, 0.3) is 0 Å². The van der Waals surface area contributed by atoms with Gasteiger partial charge in [0.2, 0.25) is 11.8 Å². The summed E-state index contributed by atoms with van der Waals surface area (Å²) in [7, 11) is 0. The van der Waals surface area contributed by atoms with Gasteiger partial charge in [0, 0.05) is 25.2 Å². The number of hydrogen-bond acceptors (Lipinski definition) is 3. The van der Waals surface area contributed by atoms with Gasteiger partial charge in [-0.2, -0.15) is 0 Å². The second-order valence-corrected chi connectivity index (χ2v) is 6.04. The lowest BCUT2D eigenvalue weighted by Gasteiger charge is -2.23. The molecular weight excluding hydrogens is 266 g/mol. The van der Waals surface area contributed by atoms with Crippen molar-refractivity contribution < 1.29 is 9.59 Å². The molecule has 1 unspecified atom stereocenters. The lowest BCUT2D eigenvalue weighted by atomic mass is 10.1. The van der Waals surface area contributed by atoms with Gasteiger partial charge in [-0.05, 0) is 31.4 Å². The first-order valence-electron chi connectivity index (χ1n) is 7.67. The highest BCUT2D eigenvalue weighted by molar-refractivity contribution is 5.97. The molecule has 1 saturated heterocycles. The maximum atomic E-state index is 12.3. The molecule has 1 saturated carbocycles. The predicted molar refractivity (Wildman–Crippen MR) is 79.7 cm³/mol. The summed E-state index contributed by atoms with van der Waals surface area (Å²) < 4.78 is 0. The number of amides is 2. The molecule has 3 rings (SSSR count). The summed E-state index contributed by atoms with van der Waals surface area (Å²) >= 11 is 0. The largest absolute Gasteiger partial charge is 0.339 e. The van der Waals surface area contributed by atoms with Gasteiger partial charge < -0.3 is 10.2 Å². The molecule has 21 heavy (non-hydrogen) atoms. The molecule has 2 heterocycles. The number of likely N-dealkylation sites (tertiary alicyclic amines) is 1. The highest BCUT2D eigenvalue weighted by Gasteiger charge is 2.38. The lowest BCUT2D eigenvalue weighted by Crippen LogP contribution is -2.35. The average molecular weight is 287 g/mol. The first kappa shape index (κ1) is 14.0. The molecule has 2 amide bonds. The van der Waals surface area contributed by atoms with E-state index in [0.29, 0.717) is 24.8 Å². The Morgan fingerprint density at radius 3 is 2.86 bits per heavy atom. The van der Waals surface area contributed by atoms with E-state index >= 15 is 0 Å². The Morgan fingerprint density at radius 2 is 2.14 bits per heavy atom. The lowest BCUT2D eigenvalue weighted by molar-refractivity contribution is -0.129. The number of anilines is 1. The van der Waals surface area contributed by atoms with Crippen molar-refractivity contribution in [2.75, 3.05) is 11.9 Å². The Bertz CT molecular complexity index is 552. The van der Waals surface area contributed by atoms with Gasteiger partial charge in [0.05, 0.1) is 5.92 Å². The van der Waals surface area contributed by atoms with Crippen LogP contribution in [0.15, 0.2) is 18.3 Å². The fourth-order valence-electron chi connectivity index (χ4n) is 3.31. The standard InChI is InChI=1S/C16H21N3O2/c1-11-5-4-8-17-15(11)18-16(21)12-9-14(20)19(10-12)13-6-2-3-7-13/h4-5,8,12-13H,2-3,6-7,9-10H2,1H3,(H,17,18,21). The summed E-state index contributed by atoms with van der Waals surface area (Å²) in [5, 5.41) is 2.85. The number of carbonyl (C=O) groups is 2. The van der Waals surface area contributed by atoms with E-state index in [2.05, 4.69) is 10.3 Å². The van der Waals surface area contributed by atoms with E-state index in [1.807, 2.05) is 24.0 Å². The summed E-state index contributed by atoms with van der Waals surface area (Å²) in [6.45, 7) is 2.47. The minimum absolute atomic E-state index is 0.0920. The quantitative estimate of drug-likeness (QED) is 0.926. The molecule has 2 fully saturated rings. The number of carbonyl (C=O) groups excluding carboxylic acids is 2. The molecule has 0 aromatic carbocycles. The number of nitrogens with zero attached hydrogens (tertiary/aromatic N) is 2. The molecular formula is C16H21N3O2. The SMILES string of the molecule is Cc1cccnc1NC(=O)C1CC(=O)N(C2CCCC2)C1. The Hall–Kier alpha value is -1.91. The van der Waals surface area contributed by atoms with Crippen molar-refractivity contribution in [3.63, 3.8) is 0 Å². The first-order chi connectivity index (χ1) is 10.1. The topological polar surface area (TPSA) is 62.3 Å². The van der Waals surface area contributed by atoms with Gasteiger partial charge >= 0.3 is 0 Å². The number of aromatic nitrogens is 1. The summed E-state index contributed by atoms with van der Waals surface area (Å²) in [5.41, 5.74) is 0.933. The van der Waals surface area contributed by atoms with Crippen molar-refractivity contribution in [3.05, 3.63) is 23.9 Å². The molecule has 1 aliphatic heterocycles. The van der Waals surface area contributed by atoms with E-state index in [0.717, 1.165) is 18.4 Å². The van der Waals surface area contributed by atoms with Crippen molar-refractivity contribution in [3.8, 4) is 0 Å². The number of aryl methyl sites for hydroxylation is 1. The van der Waals surface area contributed by atoms with Crippen LogP contribution in [0.5, 0.6) is 0 Å². The molecule has 1 atom stereocenters. The van der Waals surface area contributed by atoms with Crippen LogP contribution in [-0.4, -0.2) is 34.3 Å². The molecule has 112 valence electrons. The van der Waals surface area contributed by atoms with Gasteiger partial charge in [-0.15, -0.1) is 0 Å². The summed E-state index contributed by atoms with van der Waals surface area (Å²) in [6.07, 6.45) is 6.54. The Labute approximate surface area is 124 Å². The minimum atomic E-state index is -0.250. The van der Waals surface area contributed by atoms with Crippen molar-refractivity contribution in [1.29, 1.82) is 0 Å². The second kappa shape index (κ2) is 5.84. The normalized spacial score (nSPS) is 22.8. The monoisotopic (exact) mass is 287 g/mol. The third kappa shape index (κ3) is 2.91. The van der Waals surface area contributed by atoms with Crippen LogP contribution in [0.2, 0.25) is 0 Å². The molecule has 1 aliphatic carbocycles. The smallest absolute Gasteiger partial charge is 0.230 e. The van der Waals surface area contributed by atoms with E-state index in [1.54, 1.807) is 6.20 Å². The van der Waals surface area contributed by atoms with E-state index < -0.39 is 0 Å². The highest BCUT2D eigenvalue weighted by Crippen LogP contribution is 2.29. The molecule has 5 nitrogen and oxygen atoms in total. The molecule has 1 N–H and O–H groups in total. The number of hydrogen-bond donors (Lipinski definition) is 1. The zero-order valence-corrected chi connectivity index (χ0v) is 12.3. The third-order valence-electron chi connectivity index (χ3n) is 4.55. The average Bonchev–Trinajstić information content (AvgIpc) is 3.10. The van der Waals surface area contributed by atoms with E-state index in [9.17, 15) is 9.59 Å². The van der Waals surface area contributed by atoms with Crippen LogP contribution >= 0.6 is 0 Å². The molecule has 0 spiro atoms. The zero-order valence-electron chi connectivity index (χ0n) is 12.3. The minimum Gasteiger partial charge on any atom is -0.339 e. The van der Waals surface area contributed by atoms with Crippen LogP contribution in [0.3, 0.4) is 0 Å². The summed E-state index contributed by atoms with van der Waals surface area (Å²) in [5.74, 6) is 0.374. The molecule has 1 aromatic heterocycles. The van der Waals surface area contributed by atoms with Gasteiger partial charge in [-0.25, -0.2) is 4.98 Å². The Kier molecular flexibility index (Phi) is 3.90. The number of rotatable bonds is 3. The third-order valence-corrected chi connectivity index (χ3v) is 4.55. The molecule has 0 radical (unpaired) electrons. The molecule has 2 aliphatic rings. The van der Waals surface area contributed by atoms with Gasteiger partial charge in [0.15, 0.2) is 0 Å². The van der Waals surface area contributed by atoms with Crippen molar-refractivity contribution in [1.82, 2.24) is 9.88 Å². The molecule has 0 bridgehead atoms. The van der Waals surface area contributed by atoms with Crippen LogP contribution in [0.4, 0.5) is 5.82 Å². The van der Waals surface area contributed by atoms with Gasteiger partial charge in [-0.3, -0.25) is 9.59 Å². The van der Waals surface area contributed by atoms with E-state index in [-0.39, 0.29) is 17.7 Å². The maximum Gasteiger partial charge on any atom is 0.230 e. The van der Waals surface area contributed by atoms with Crippen molar-refractivity contribution in [2.45, 2.75) is 45.1 Å². The van der Waals surface area contributed by atoms with Gasteiger partial charge in [-0.1, -0.05) is 18.9 Å². The van der Waals surface area contributed by atoms with Crippen LogP contribution < -0.4 is 5.32 Å². The van der Waals surface area contributed by atoms with Crippen LogP contribution in [0.1, 0.15) is 37.7 Å². The van der Waals surface area contributed by atoms with Crippen molar-refractivity contribution in [2.24, 2.45) is 5.92 Å². The fourth-order valence-corrected chi connectivity index (χ4v) is 3.31. The molecule has 5 heteroatoms. The zero-order chi connectivity index (χ0) is 14.8. The van der Waals surface area contributed by atoms with Gasteiger partial charge in [0.1, 0.15) is 5.82 Å². The van der Waals surface area contributed by atoms with E-state index in [1.165, 1.54) is 12.8 Å². The summed E-state index contributed by atoms with van der Waals surface area (Å²) in [4.78, 5) is 30.6. The van der Waals surface area contributed by atoms with E-state index in [4.69, 9.17) is 0 Å². The fraction of sp³-hybridized carbons (Fsp3) is 0.562. The Balaban J connectivity index is 1.64. The molecule has 1 aromatic rings. The first-order valence-corrected chi connectivity index (χ1v) is 7.67. The number of pyridine rings is 1. The number of nitrogens with one attached hydrogen (secondary N) is 1. The highest BCUT2D eigenvalue weighted by atomic mass is 16.2. The van der Waals surface area contributed by atoms with Crippen LogP contribution in [0, 0.1) is 12.8 Å². The van der Waals surface area contributed by atoms with Gasteiger partial charge in [0.25, 0.3) is 0 Å². The van der Waals surface area contributed by atoms with Crippen molar-refractivity contribution >= 4 is 17.6 Å². The maximum absolute atomic E-state index is 12.3.